The fraction of sp³-hybridized carbons (Fsp3) is 0.615. The summed E-state index contributed by atoms with van der Waals surface area (Å²) in [5.41, 5.74) is 7.17. The number of morpholine rings is 1. The molecule has 2 heterocycles. The highest BCUT2D eigenvalue weighted by atomic mass is 16.5. The van der Waals surface area contributed by atoms with Crippen molar-refractivity contribution < 1.29 is 4.74 Å². The van der Waals surface area contributed by atoms with Crippen molar-refractivity contribution in [3.8, 4) is 0 Å². The van der Waals surface area contributed by atoms with E-state index in [1.807, 2.05) is 31.3 Å². The molecule has 1 fully saturated rings. The second-order valence-electron chi connectivity index (χ2n) is 4.73. The van der Waals surface area contributed by atoms with Crippen molar-refractivity contribution in [1.82, 2.24) is 9.88 Å². The number of hydrogen-bond donors (Lipinski definition) is 1. The first kappa shape index (κ1) is 12.5. The zero-order valence-corrected chi connectivity index (χ0v) is 10.5. The first-order chi connectivity index (χ1) is 8.18. The summed E-state index contributed by atoms with van der Waals surface area (Å²) >= 11 is 0. The average Bonchev–Trinajstić information content (AvgIpc) is 2.30. The molecule has 1 aliphatic rings. The standard InChI is InChI=1S/C13H21N3O/c1-10-9-16(7-8-17-10)13(11(2)14)12-5-3-4-6-15-12/h3-6,10-11,13H,7-9,14H2,1-2H3. The quantitative estimate of drug-likeness (QED) is 0.855. The molecule has 4 nitrogen and oxygen atoms in total. The monoisotopic (exact) mass is 235 g/mol. The van der Waals surface area contributed by atoms with E-state index < -0.39 is 0 Å². The van der Waals surface area contributed by atoms with Gasteiger partial charge >= 0.3 is 0 Å². The van der Waals surface area contributed by atoms with Crippen LogP contribution >= 0.6 is 0 Å². The van der Waals surface area contributed by atoms with Crippen molar-refractivity contribution in [2.75, 3.05) is 19.7 Å². The summed E-state index contributed by atoms with van der Waals surface area (Å²) in [7, 11) is 0. The highest BCUT2D eigenvalue weighted by Gasteiger charge is 2.28. The van der Waals surface area contributed by atoms with Gasteiger partial charge in [-0.2, -0.15) is 0 Å². The Hall–Kier alpha value is -0.970. The van der Waals surface area contributed by atoms with Crippen molar-refractivity contribution in [2.45, 2.75) is 32.0 Å². The number of pyridine rings is 1. The molecule has 0 saturated carbocycles. The lowest BCUT2D eigenvalue weighted by Gasteiger charge is -2.38. The number of rotatable bonds is 3. The van der Waals surface area contributed by atoms with Crippen LogP contribution in [0.15, 0.2) is 24.4 Å². The molecule has 2 N–H and O–H groups in total. The highest BCUT2D eigenvalue weighted by molar-refractivity contribution is 5.11. The van der Waals surface area contributed by atoms with Crippen LogP contribution in [0.4, 0.5) is 0 Å². The van der Waals surface area contributed by atoms with Gasteiger partial charge in [0.15, 0.2) is 0 Å². The molecule has 1 saturated heterocycles. The van der Waals surface area contributed by atoms with Crippen LogP contribution in [0.2, 0.25) is 0 Å². The van der Waals surface area contributed by atoms with E-state index in [4.69, 9.17) is 10.5 Å². The van der Waals surface area contributed by atoms with Gasteiger partial charge in [0.1, 0.15) is 0 Å². The molecule has 0 radical (unpaired) electrons. The zero-order chi connectivity index (χ0) is 12.3. The lowest BCUT2D eigenvalue weighted by atomic mass is 10.0. The number of nitrogens with zero attached hydrogens (tertiary/aromatic N) is 2. The summed E-state index contributed by atoms with van der Waals surface area (Å²) in [6.45, 7) is 6.76. The van der Waals surface area contributed by atoms with E-state index in [9.17, 15) is 0 Å². The lowest BCUT2D eigenvalue weighted by molar-refractivity contribution is -0.0382. The molecule has 0 aliphatic carbocycles. The largest absolute Gasteiger partial charge is 0.376 e. The Balaban J connectivity index is 2.17. The Morgan fingerprint density at radius 1 is 1.53 bits per heavy atom. The minimum Gasteiger partial charge on any atom is -0.376 e. The molecule has 0 spiro atoms. The molecule has 94 valence electrons. The third-order valence-electron chi connectivity index (χ3n) is 3.15. The van der Waals surface area contributed by atoms with Crippen LogP contribution in [0, 0.1) is 0 Å². The maximum Gasteiger partial charge on any atom is 0.0674 e. The van der Waals surface area contributed by atoms with Gasteiger partial charge < -0.3 is 10.5 Å². The third kappa shape index (κ3) is 3.03. The minimum absolute atomic E-state index is 0.0650. The topological polar surface area (TPSA) is 51.4 Å². The van der Waals surface area contributed by atoms with Crippen LogP contribution in [-0.2, 0) is 4.74 Å². The van der Waals surface area contributed by atoms with E-state index >= 15 is 0 Å². The Morgan fingerprint density at radius 3 is 2.94 bits per heavy atom. The summed E-state index contributed by atoms with van der Waals surface area (Å²) in [4.78, 5) is 6.81. The van der Waals surface area contributed by atoms with Crippen molar-refractivity contribution in [3.63, 3.8) is 0 Å². The average molecular weight is 235 g/mol. The molecule has 4 heteroatoms. The van der Waals surface area contributed by atoms with Crippen LogP contribution < -0.4 is 5.73 Å². The number of nitrogens with two attached hydrogens (primary N) is 1. The fourth-order valence-corrected chi connectivity index (χ4v) is 2.44. The van der Waals surface area contributed by atoms with Crippen molar-refractivity contribution in [3.05, 3.63) is 30.1 Å². The first-order valence-electron chi connectivity index (χ1n) is 6.20. The van der Waals surface area contributed by atoms with Crippen LogP contribution in [0.1, 0.15) is 25.6 Å². The summed E-state index contributed by atoms with van der Waals surface area (Å²) < 4.78 is 5.57. The molecule has 0 amide bonds. The van der Waals surface area contributed by atoms with E-state index in [1.54, 1.807) is 0 Å². The Bertz CT molecular complexity index is 342. The molecule has 2 rings (SSSR count). The normalized spacial score (nSPS) is 25.5. The molecule has 0 bridgehead atoms. The Morgan fingerprint density at radius 2 is 2.35 bits per heavy atom. The lowest BCUT2D eigenvalue weighted by Crippen LogP contribution is -2.48. The zero-order valence-electron chi connectivity index (χ0n) is 10.5. The number of aromatic nitrogens is 1. The summed E-state index contributed by atoms with van der Waals surface area (Å²) in [5, 5.41) is 0. The van der Waals surface area contributed by atoms with Crippen LogP contribution in [0.5, 0.6) is 0 Å². The molecular weight excluding hydrogens is 214 g/mol. The highest BCUT2D eigenvalue weighted by Crippen LogP contribution is 2.23. The molecule has 1 aliphatic heterocycles. The van der Waals surface area contributed by atoms with Gasteiger partial charge in [-0.3, -0.25) is 9.88 Å². The van der Waals surface area contributed by atoms with E-state index in [-0.39, 0.29) is 18.2 Å². The van der Waals surface area contributed by atoms with Gasteiger partial charge in [-0.25, -0.2) is 0 Å². The van der Waals surface area contributed by atoms with Gasteiger partial charge in [0.25, 0.3) is 0 Å². The van der Waals surface area contributed by atoms with Gasteiger partial charge in [-0.1, -0.05) is 6.07 Å². The minimum atomic E-state index is 0.0650. The molecule has 17 heavy (non-hydrogen) atoms. The van der Waals surface area contributed by atoms with Crippen LogP contribution in [0.3, 0.4) is 0 Å². The second kappa shape index (κ2) is 5.58. The molecule has 3 unspecified atom stereocenters. The summed E-state index contributed by atoms with van der Waals surface area (Å²) in [6.07, 6.45) is 2.10. The van der Waals surface area contributed by atoms with Gasteiger partial charge in [-0.05, 0) is 26.0 Å². The second-order valence-corrected chi connectivity index (χ2v) is 4.73. The van der Waals surface area contributed by atoms with Crippen LogP contribution in [-0.4, -0.2) is 41.7 Å². The van der Waals surface area contributed by atoms with E-state index in [1.165, 1.54) is 0 Å². The molecule has 0 aromatic carbocycles. The van der Waals surface area contributed by atoms with Gasteiger partial charge in [0.05, 0.1) is 24.4 Å². The molecule has 3 atom stereocenters. The SMILES string of the molecule is CC1CN(C(c2ccccn2)C(C)N)CCO1. The summed E-state index contributed by atoms with van der Waals surface area (Å²) in [6, 6.07) is 6.25. The Labute approximate surface area is 103 Å². The molecule has 1 aromatic heterocycles. The Kier molecular flexibility index (Phi) is 4.10. The van der Waals surface area contributed by atoms with Crippen LogP contribution in [0.25, 0.3) is 0 Å². The van der Waals surface area contributed by atoms with Crippen molar-refractivity contribution in [2.24, 2.45) is 5.73 Å². The van der Waals surface area contributed by atoms with Gasteiger partial charge in [0, 0.05) is 25.3 Å². The smallest absolute Gasteiger partial charge is 0.0674 e. The molecular formula is C13H21N3O. The number of hydrogen-bond acceptors (Lipinski definition) is 4. The maximum atomic E-state index is 6.12. The predicted octanol–water partition coefficient (Wildman–Crippen LogP) is 1.19. The number of ether oxygens (including phenoxy) is 1. The summed E-state index contributed by atoms with van der Waals surface area (Å²) in [5.74, 6) is 0. The van der Waals surface area contributed by atoms with Gasteiger partial charge in [0.2, 0.25) is 0 Å². The molecule has 1 aromatic rings. The van der Waals surface area contributed by atoms with E-state index in [0.29, 0.717) is 0 Å². The van der Waals surface area contributed by atoms with Crippen molar-refractivity contribution >= 4 is 0 Å². The van der Waals surface area contributed by atoms with Crippen molar-refractivity contribution in [1.29, 1.82) is 0 Å². The van der Waals surface area contributed by atoms with E-state index in [0.717, 1.165) is 25.4 Å². The van der Waals surface area contributed by atoms with Gasteiger partial charge in [-0.15, -0.1) is 0 Å². The van der Waals surface area contributed by atoms with E-state index in [2.05, 4.69) is 16.8 Å². The first-order valence-corrected chi connectivity index (χ1v) is 6.20. The fourth-order valence-electron chi connectivity index (χ4n) is 2.44. The maximum absolute atomic E-state index is 6.12. The third-order valence-corrected chi connectivity index (χ3v) is 3.15. The predicted molar refractivity (Wildman–Crippen MR) is 67.6 cm³/mol.